The van der Waals surface area contributed by atoms with Crippen LogP contribution in [0.4, 0.5) is 5.69 Å². The zero-order chi connectivity index (χ0) is 17.6. The van der Waals surface area contributed by atoms with Crippen molar-refractivity contribution in [2.75, 3.05) is 24.2 Å². The van der Waals surface area contributed by atoms with Gasteiger partial charge in [-0.3, -0.25) is 9.10 Å². The van der Waals surface area contributed by atoms with E-state index in [4.69, 9.17) is 16.3 Å². The van der Waals surface area contributed by atoms with E-state index in [1.54, 1.807) is 12.1 Å². The van der Waals surface area contributed by atoms with Crippen molar-refractivity contribution in [1.82, 2.24) is 5.32 Å². The van der Waals surface area contributed by atoms with Crippen molar-refractivity contribution >= 4 is 33.2 Å². The highest BCUT2D eigenvalue weighted by molar-refractivity contribution is 7.92. The number of nitrogens with one attached hydrogen (secondary N) is 1. The van der Waals surface area contributed by atoms with Crippen molar-refractivity contribution in [1.29, 1.82) is 0 Å². The van der Waals surface area contributed by atoms with Gasteiger partial charge in [-0.25, -0.2) is 8.42 Å². The Bertz CT molecular complexity index is 649. The van der Waals surface area contributed by atoms with Gasteiger partial charge in [0.05, 0.1) is 19.1 Å². The Morgan fingerprint density at radius 1 is 1.43 bits per heavy atom. The minimum Gasteiger partial charge on any atom is -0.495 e. The highest BCUT2D eigenvalue weighted by atomic mass is 35.5. The van der Waals surface area contributed by atoms with E-state index in [1.807, 2.05) is 13.8 Å². The topological polar surface area (TPSA) is 75.7 Å². The average molecular weight is 363 g/mol. The lowest BCUT2D eigenvalue weighted by atomic mass is 10.2. The molecule has 0 saturated heterocycles. The van der Waals surface area contributed by atoms with Crippen molar-refractivity contribution in [2.45, 2.75) is 32.7 Å². The van der Waals surface area contributed by atoms with Crippen LogP contribution >= 0.6 is 11.6 Å². The first kappa shape index (κ1) is 19.6. The Labute approximate surface area is 142 Å². The molecule has 1 amide bonds. The van der Waals surface area contributed by atoms with Crippen LogP contribution < -0.4 is 14.4 Å². The Hall–Kier alpha value is -1.47. The number of amides is 1. The van der Waals surface area contributed by atoms with Gasteiger partial charge in [0.15, 0.2) is 0 Å². The maximum atomic E-state index is 12.2. The second-order valence-corrected chi connectivity index (χ2v) is 7.69. The summed E-state index contributed by atoms with van der Waals surface area (Å²) < 4.78 is 30.4. The molecule has 1 aromatic rings. The molecule has 6 nitrogen and oxygen atoms in total. The molecule has 0 saturated carbocycles. The van der Waals surface area contributed by atoms with Gasteiger partial charge in [-0.15, -0.1) is 0 Å². The lowest BCUT2D eigenvalue weighted by Gasteiger charge is -2.24. The van der Waals surface area contributed by atoms with Crippen LogP contribution in [0, 0.1) is 0 Å². The first-order valence-electron chi connectivity index (χ1n) is 7.29. The van der Waals surface area contributed by atoms with Gasteiger partial charge in [-0.2, -0.15) is 0 Å². The Balaban J connectivity index is 3.08. The molecule has 0 unspecified atom stereocenters. The van der Waals surface area contributed by atoms with Crippen LogP contribution in [-0.4, -0.2) is 40.3 Å². The highest BCUT2D eigenvalue weighted by Crippen LogP contribution is 2.32. The number of nitrogens with zero attached hydrogens (tertiary/aromatic N) is 1. The van der Waals surface area contributed by atoms with Crippen molar-refractivity contribution in [3.8, 4) is 5.75 Å². The minimum atomic E-state index is -3.68. The third-order valence-corrected chi connectivity index (χ3v) is 4.59. The maximum absolute atomic E-state index is 12.2. The molecule has 1 atom stereocenters. The summed E-state index contributed by atoms with van der Waals surface area (Å²) in [7, 11) is -2.25. The molecular formula is C15H23ClN2O4S. The fourth-order valence-electron chi connectivity index (χ4n) is 2.20. The predicted octanol–water partition coefficient (Wildman–Crippen LogP) is 2.42. The number of halogens is 1. The summed E-state index contributed by atoms with van der Waals surface area (Å²) in [6, 6.07) is 4.60. The van der Waals surface area contributed by atoms with Crippen LogP contribution in [0.2, 0.25) is 5.02 Å². The van der Waals surface area contributed by atoms with Crippen molar-refractivity contribution < 1.29 is 17.9 Å². The van der Waals surface area contributed by atoms with Gasteiger partial charge in [-0.05, 0) is 31.5 Å². The largest absolute Gasteiger partial charge is 0.495 e. The fraction of sp³-hybridized carbons (Fsp3) is 0.533. The molecule has 0 radical (unpaired) electrons. The predicted molar refractivity (Wildman–Crippen MR) is 92.7 cm³/mol. The number of methoxy groups -OCH3 is 1. The number of ether oxygens (including phenoxy) is 1. The molecule has 1 aromatic carbocycles. The van der Waals surface area contributed by atoms with E-state index < -0.39 is 10.0 Å². The Morgan fingerprint density at radius 3 is 2.61 bits per heavy atom. The summed E-state index contributed by atoms with van der Waals surface area (Å²) in [5.41, 5.74) is 0.237. The second-order valence-electron chi connectivity index (χ2n) is 5.34. The third kappa shape index (κ3) is 5.91. The number of benzene rings is 1. The molecular weight excluding hydrogens is 340 g/mol. The van der Waals surface area contributed by atoms with E-state index in [-0.39, 0.29) is 24.2 Å². The van der Waals surface area contributed by atoms with Gasteiger partial charge in [0.1, 0.15) is 12.3 Å². The molecule has 23 heavy (non-hydrogen) atoms. The maximum Gasteiger partial charge on any atom is 0.240 e. The molecule has 0 fully saturated rings. The van der Waals surface area contributed by atoms with Crippen molar-refractivity contribution in [2.24, 2.45) is 0 Å². The molecule has 0 aliphatic heterocycles. The second kappa shape index (κ2) is 8.40. The number of sulfonamides is 1. The number of anilines is 1. The van der Waals surface area contributed by atoms with E-state index in [2.05, 4.69) is 5.32 Å². The molecule has 130 valence electrons. The third-order valence-electron chi connectivity index (χ3n) is 3.23. The van der Waals surface area contributed by atoms with Crippen LogP contribution in [-0.2, 0) is 14.8 Å². The first-order chi connectivity index (χ1) is 10.7. The van der Waals surface area contributed by atoms with Gasteiger partial charge in [-0.1, -0.05) is 24.9 Å². The number of hydrogen-bond acceptors (Lipinski definition) is 4. The highest BCUT2D eigenvalue weighted by Gasteiger charge is 2.24. The van der Waals surface area contributed by atoms with Crippen LogP contribution in [0.15, 0.2) is 18.2 Å². The van der Waals surface area contributed by atoms with Crippen LogP contribution in [0.25, 0.3) is 0 Å². The fourth-order valence-corrected chi connectivity index (χ4v) is 3.21. The summed E-state index contributed by atoms with van der Waals surface area (Å²) in [6.07, 6.45) is 2.79. The number of carbonyl (C=O) groups is 1. The molecule has 0 aliphatic carbocycles. The SMILES string of the molecule is CCC[C@H](C)NC(=O)CN(c1cc(Cl)ccc1OC)S(C)(=O)=O. The van der Waals surface area contributed by atoms with Gasteiger partial charge >= 0.3 is 0 Å². The molecule has 0 spiro atoms. The normalized spacial score (nSPS) is 12.6. The number of hydrogen-bond donors (Lipinski definition) is 1. The lowest BCUT2D eigenvalue weighted by Crippen LogP contribution is -2.43. The smallest absolute Gasteiger partial charge is 0.240 e. The molecule has 1 rings (SSSR count). The minimum absolute atomic E-state index is 0.0184. The molecule has 0 heterocycles. The molecule has 0 aliphatic rings. The van der Waals surface area contributed by atoms with Crippen molar-refractivity contribution in [3.63, 3.8) is 0 Å². The van der Waals surface area contributed by atoms with Crippen LogP contribution in [0.1, 0.15) is 26.7 Å². The van der Waals surface area contributed by atoms with Gasteiger partial charge in [0, 0.05) is 11.1 Å². The first-order valence-corrected chi connectivity index (χ1v) is 9.52. The molecule has 8 heteroatoms. The van der Waals surface area contributed by atoms with E-state index in [0.717, 1.165) is 23.4 Å². The summed E-state index contributed by atoms with van der Waals surface area (Å²) >= 11 is 5.95. The average Bonchev–Trinajstić information content (AvgIpc) is 2.43. The van der Waals surface area contributed by atoms with Crippen LogP contribution in [0.5, 0.6) is 5.75 Å². The summed E-state index contributed by atoms with van der Waals surface area (Å²) in [6.45, 7) is 3.57. The monoisotopic (exact) mass is 362 g/mol. The number of carbonyl (C=O) groups excluding carboxylic acids is 1. The van der Waals surface area contributed by atoms with Gasteiger partial charge in [0.25, 0.3) is 0 Å². The Kier molecular flexibility index (Phi) is 7.15. The van der Waals surface area contributed by atoms with E-state index in [0.29, 0.717) is 10.8 Å². The van der Waals surface area contributed by atoms with E-state index >= 15 is 0 Å². The lowest BCUT2D eigenvalue weighted by molar-refractivity contribution is -0.120. The summed E-state index contributed by atoms with van der Waals surface area (Å²) in [4.78, 5) is 12.2. The molecule has 1 N–H and O–H groups in total. The molecule has 0 aromatic heterocycles. The number of rotatable bonds is 8. The zero-order valence-electron chi connectivity index (χ0n) is 13.8. The standard InChI is InChI=1S/C15H23ClN2O4S/c1-5-6-11(2)17-15(19)10-18(23(4,20)21)13-9-12(16)7-8-14(13)22-3/h7-9,11H,5-6,10H2,1-4H3,(H,17,19)/t11-/m0/s1. The zero-order valence-corrected chi connectivity index (χ0v) is 15.4. The van der Waals surface area contributed by atoms with E-state index in [1.165, 1.54) is 13.2 Å². The quantitative estimate of drug-likeness (QED) is 0.770. The van der Waals surface area contributed by atoms with Gasteiger partial charge < -0.3 is 10.1 Å². The summed E-state index contributed by atoms with van der Waals surface area (Å²) in [5.74, 6) is -0.0485. The Morgan fingerprint density at radius 2 is 2.09 bits per heavy atom. The van der Waals surface area contributed by atoms with Crippen molar-refractivity contribution in [3.05, 3.63) is 23.2 Å². The van der Waals surface area contributed by atoms with Gasteiger partial charge in [0.2, 0.25) is 15.9 Å². The summed E-state index contributed by atoms with van der Waals surface area (Å²) in [5, 5.41) is 3.14. The van der Waals surface area contributed by atoms with Crippen LogP contribution in [0.3, 0.4) is 0 Å². The van der Waals surface area contributed by atoms with E-state index in [9.17, 15) is 13.2 Å². The molecule has 0 bridgehead atoms.